The van der Waals surface area contributed by atoms with Crippen molar-refractivity contribution in [1.82, 2.24) is 0 Å². The Hall–Kier alpha value is -1.20. The summed E-state index contributed by atoms with van der Waals surface area (Å²) in [6, 6.07) is 0. The van der Waals surface area contributed by atoms with E-state index in [0.29, 0.717) is 24.7 Å². The van der Waals surface area contributed by atoms with Crippen molar-refractivity contribution in [1.29, 1.82) is 0 Å². The van der Waals surface area contributed by atoms with Crippen molar-refractivity contribution in [3.05, 3.63) is 11.6 Å². The van der Waals surface area contributed by atoms with Gasteiger partial charge in [0.25, 0.3) is 0 Å². The highest BCUT2D eigenvalue weighted by Gasteiger charge is 2.68. The Labute approximate surface area is 193 Å². The highest BCUT2D eigenvalue weighted by molar-refractivity contribution is 6.00. The zero-order chi connectivity index (χ0) is 23.3. The third-order valence-corrected chi connectivity index (χ3v) is 9.20. The van der Waals surface area contributed by atoms with Crippen molar-refractivity contribution in [3.8, 4) is 0 Å². The molecule has 0 aromatic rings. The molecule has 0 bridgehead atoms. The SMILES string of the molecule is CC(=O)O[C@H]1CCC2C(=O)C([C@@H]3CC[C@H](C(C)CCCC(C)C)[C@@]3(C)CO)=C[C@@H]3O[C@]23C1. The molecule has 2 saturated carbocycles. The van der Waals surface area contributed by atoms with Gasteiger partial charge in [-0.15, -0.1) is 0 Å². The van der Waals surface area contributed by atoms with Crippen LogP contribution in [0.25, 0.3) is 0 Å². The lowest BCUT2D eigenvalue weighted by atomic mass is 9.62. The fourth-order valence-electron chi connectivity index (χ4n) is 7.43. The lowest BCUT2D eigenvalue weighted by Crippen LogP contribution is -2.47. The van der Waals surface area contributed by atoms with Gasteiger partial charge in [0.05, 0.1) is 5.92 Å². The van der Waals surface area contributed by atoms with Crippen LogP contribution in [0.4, 0.5) is 0 Å². The van der Waals surface area contributed by atoms with E-state index in [4.69, 9.17) is 9.47 Å². The van der Waals surface area contributed by atoms with E-state index < -0.39 is 5.60 Å². The predicted octanol–water partition coefficient (Wildman–Crippen LogP) is 4.85. The monoisotopic (exact) mass is 446 g/mol. The Bertz CT molecular complexity index is 772. The van der Waals surface area contributed by atoms with Gasteiger partial charge in [-0.25, -0.2) is 0 Å². The molecule has 0 aromatic heterocycles. The molecular weight excluding hydrogens is 404 g/mol. The molecule has 1 aliphatic heterocycles. The van der Waals surface area contributed by atoms with Crippen LogP contribution in [0.15, 0.2) is 11.6 Å². The summed E-state index contributed by atoms with van der Waals surface area (Å²) in [6.45, 7) is 10.6. The normalized spacial score (nSPS) is 41.7. The van der Waals surface area contributed by atoms with Gasteiger partial charge in [-0.05, 0) is 61.0 Å². The number of ether oxygens (including phenoxy) is 2. The first-order valence-corrected chi connectivity index (χ1v) is 12.8. The van der Waals surface area contributed by atoms with E-state index in [1.165, 1.54) is 26.2 Å². The van der Waals surface area contributed by atoms with Crippen LogP contribution < -0.4 is 0 Å². The van der Waals surface area contributed by atoms with Gasteiger partial charge < -0.3 is 14.6 Å². The number of allylic oxidation sites excluding steroid dienone is 1. The molecule has 4 aliphatic rings. The summed E-state index contributed by atoms with van der Waals surface area (Å²) in [6.07, 6.45) is 9.62. The van der Waals surface area contributed by atoms with Gasteiger partial charge in [0, 0.05) is 25.4 Å². The van der Waals surface area contributed by atoms with Crippen LogP contribution in [0.5, 0.6) is 0 Å². The molecule has 1 saturated heterocycles. The molecule has 8 atom stereocenters. The molecule has 4 rings (SSSR count). The number of carbonyl (C=O) groups excluding carboxylic acids is 2. The predicted molar refractivity (Wildman–Crippen MR) is 123 cm³/mol. The maximum absolute atomic E-state index is 13.7. The lowest BCUT2D eigenvalue weighted by molar-refractivity contribution is -0.150. The van der Waals surface area contributed by atoms with Crippen LogP contribution >= 0.6 is 0 Å². The lowest BCUT2D eigenvalue weighted by Gasteiger charge is -2.42. The molecule has 3 fully saturated rings. The van der Waals surface area contributed by atoms with Gasteiger partial charge in [0.1, 0.15) is 17.8 Å². The summed E-state index contributed by atoms with van der Waals surface area (Å²) in [5.41, 5.74) is 0.187. The van der Waals surface area contributed by atoms with Gasteiger partial charge in [-0.2, -0.15) is 0 Å². The van der Waals surface area contributed by atoms with E-state index >= 15 is 0 Å². The molecular formula is C27H42O5. The minimum absolute atomic E-state index is 0.0518. The quantitative estimate of drug-likeness (QED) is 0.426. The third kappa shape index (κ3) is 4.09. The van der Waals surface area contributed by atoms with Gasteiger partial charge >= 0.3 is 5.97 Å². The van der Waals surface area contributed by atoms with Gasteiger partial charge in [0.2, 0.25) is 0 Å². The zero-order valence-corrected chi connectivity index (χ0v) is 20.6. The van der Waals surface area contributed by atoms with Gasteiger partial charge in [0.15, 0.2) is 5.78 Å². The average molecular weight is 447 g/mol. The molecule has 1 spiro atoms. The topological polar surface area (TPSA) is 76.1 Å². The largest absolute Gasteiger partial charge is 0.462 e. The molecule has 5 nitrogen and oxygen atoms in total. The first kappa shape index (κ1) is 23.9. The molecule has 1 N–H and O–H groups in total. The maximum Gasteiger partial charge on any atom is 0.302 e. The van der Waals surface area contributed by atoms with E-state index in [9.17, 15) is 14.7 Å². The number of aliphatic hydroxyl groups is 1. The van der Waals surface area contributed by atoms with E-state index in [1.54, 1.807) is 0 Å². The molecule has 1 heterocycles. The number of esters is 1. The Balaban J connectivity index is 1.49. The van der Waals surface area contributed by atoms with Crippen molar-refractivity contribution in [2.24, 2.45) is 35.0 Å². The van der Waals surface area contributed by atoms with Crippen LogP contribution in [0.3, 0.4) is 0 Å². The first-order valence-electron chi connectivity index (χ1n) is 12.8. The zero-order valence-electron chi connectivity index (χ0n) is 20.6. The molecule has 0 amide bonds. The number of ketones is 1. The fourth-order valence-corrected chi connectivity index (χ4v) is 7.43. The number of carbonyl (C=O) groups is 2. The number of rotatable bonds is 8. The molecule has 0 aromatic carbocycles. The highest BCUT2D eigenvalue weighted by atomic mass is 16.6. The summed E-state index contributed by atoms with van der Waals surface area (Å²) in [4.78, 5) is 25.1. The Morgan fingerprint density at radius 2 is 1.91 bits per heavy atom. The molecule has 5 heteroatoms. The van der Waals surface area contributed by atoms with Crippen LogP contribution in [0.1, 0.15) is 86.0 Å². The summed E-state index contributed by atoms with van der Waals surface area (Å²) in [5, 5.41) is 10.6. The van der Waals surface area contributed by atoms with Crippen molar-refractivity contribution >= 4 is 11.8 Å². The smallest absolute Gasteiger partial charge is 0.302 e. The second kappa shape index (κ2) is 8.87. The first-order chi connectivity index (χ1) is 15.1. The minimum Gasteiger partial charge on any atom is -0.462 e. The Kier molecular flexibility index (Phi) is 6.63. The average Bonchev–Trinajstić information content (AvgIpc) is 3.29. The number of aliphatic hydroxyl groups excluding tert-OH is 1. The van der Waals surface area contributed by atoms with Crippen LogP contribution in [0.2, 0.25) is 0 Å². The van der Waals surface area contributed by atoms with Crippen LogP contribution in [-0.4, -0.2) is 41.3 Å². The molecule has 2 unspecified atom stereocenters. The molecule has 3 aliphatic carbocycles. The van der Waals surface area contributed by atoms with Crippen molar-refractivity contribution in [2.45, 2.75) is 104 Å². The van der Waals surface area contributed by atoms with Gasteiger partial charge in [-0.3, -0.25) is 9.59 Å². The Morgan fingerprint density at radius 3 is 2.56 bits per heavy atom. The number of epoxide rings is 1. The summed E-state index contributed by atoms with van der Waals surface area (Å²) in [5.74, 6) is 1.63. The van der Waals surface area contributed by atoms with Crippen LogP contribution in [-0.2, 0) is 19.1 Å². The third-order valence-electron chi connectivity index (χ3n) is 9.20. The van der Waals surface area contributed by atoms with Gasteiger partial charge in [-0.1, -0.05) is 47.0 Å². The minimum atomic E-state index is -0.462. The Morgan fingerprint density at radius 1 is 1.19 bits per heavy atom. The van der Waals surface area contributed by atoms with Crippen molar-refractivity contribution < 1.29 is 24.2 Å². The summed E-state index contributed by atoms with van der Waals surface area (Å²) >= 11 is 0. The molecule has 0 radical (unpaired) electrons. The van der Waals surface area contributed by atoms with Crippen LogP contribution in [0, 0.1) is 35.0 Å². The number of Topliss-reactive ketones (excluding diaryl/α,β-unsaturated/α-hetero) is 1. The second-order valence-corrected chi connectivity index (χ2v) is 11.7. The second-order valence-electron chi connectivity index (χ2n) is 11.7. The van der Waals surface area contributed by atoms with Crippen molar-refractivity contribution in [3.63, 3.8) is 0 Å². The highest BCUT2D eigenvalue weighted by Crippen LogP contribution is 2.61. The fraction of sp³-hybridized carbons (Fsp3) is 0.852. The van der Waals surface area contributed by atoms with E-state index in [-0.39, 0.29) is 47.8 Å². The summed E-state index contributed by atoms with van der Waals surface area (Å²) < 4.78 is 11.6. The van der Waals surface area contributed by atoms with E-state index in [2.05, 4.69) is 33.8 Å². The van der Waals surface area contributed by atoms with Crippen molar-refractivity contribution in [2.75, 3.05) is 6.61 Å². The molecule has 32 heavy (non-hydrogen) atoms. The van der Waals surface area contributed by atoms with E-state index in [0.717, 1.165) is 30.8 Å². The molecule has 180 valence electrons. The summed E-state index contributed by atoms with van der Waals surface area (Å²) in [7, 11) is 0. The number of hydrogen-bond acceptors (Lipinski definition) is 5. The number of hydrogen-bond donors (Lipinski definition) is 1. The van der Waals surface area contributed by atoms with E-state index in [1.807, 2.05) is 0 Å². The standard InChI is InChI=1S/C27H42O5/c1-16(2)7-6-8-17(3)21-11-12-22(26(21,5)15-28)20-13-24-27(32-24)14-19(31-18(4)29)9-10-23(27)25(20)30/h13,16-17,19,21-24,28H,6-12,14-15H2,1-5H3/t17?,19-,21+,22-,23?,24-,26+,27+/m0/s1. The maximum atomic E-state index is 13.7.